The van der Waals surface area contributed by atoms with Gasteiger partial charge in [0.05, 0.1) is 5.41 Å². The van der Waals surface area contributed by atoms with Gasteiger partial charge in [0.25, 0.3) is 0 Å². The van der Waals surface area contributed by atoms with Gasteiger partial charge in [-0.25, -0.2) is 0 Å². The van der Waals surface area contributed by atoms with Crippen LogP contribution in [0.2, 0.25) is 0 Å². The molecule has 0 saturated carbocycles. The second-order valence-corrected chi connectivity index (χ2v) is 13.0. The fraction of sp³-hybridized carbons (Fsp3) is 0.941. The predicted octanol–water partition coefficient (Wildman–Crippen LogP) is 11.1. The number of carboxylic acids is 2. The van der Waals surface area contributed by atoms with Crippen molar-refractivity contribution < 1.29 is 19.8 Å². The van der Waals surface area contributed by atoms with Crippen LogP contribution in [0.1, 0.15) is 182 Å². The second kappa shape index (κ2) is 23.8. The van der Waals surface area contributed by atoms with Gasteiger partial charge < -0.3 is 10.2 Å². The third-order valence-corrected chi connectivity index (χ3v) is 8.77. The van der Waals surface area contributed by atoms with Gasteiger partial charge >= 0.3 is 11.9 Å². The lowest BCUT2D eigenvalue weighted by atomic mass is 9.66. The molecule has 4 nitrogen and oxygen atoms in total. The molecule has 0 aromatic rings. The fourth-order valence-corrected chi connectivity index (χ4v) is 6.17. The quantitative estimate of drug-likeness (QED) is 0.0971. The molecule has 0 aliphatic carbocycles. The highest BCUT2D eigenvalue weighted by atomic mass is 16.4. The maximum atomic E-state index is 12.7. The van der Waals surface area contributed by atoms with Gasteiger partial charge in [0.1, 0.15) is 0 Å². The SMILES string of the molecule is CCC(CCCCCC(C)C)(C(=O)O)C(CCCCCCCCCCCCC(=O)O)CCCCCC(C)C. The Bertz CT molecular complexity index is 571. The monoisotopic (exact) mass is 538 g/mol. The zero-order valence-corrected chi connectivity index (χ0v) is 26.2. The Morgan fingerprint density at radius 3 is 1.32 bits per heavy atom. The molecule has 0 aliphatic rings. The lowest BCUT2D eigenvalue weighted by molar-refractivity contribution is -0.154. The second-order valence-electron chi connectivity index (χ2n) is 13.0. The van der Waals surface area contributed by atoms with E-state index < -0.39 is 17.4 Å². The number of rotatable bonds is 28. The third-order valence-electron chi connectivity index (χ3n) is 8.77. The van der Waals surface area contributed by atoms with E-state index in [1.165, 1.54) is 77.0 Å². The first-order valence-corrected chi connectivity index (χ1v) is 16.6. The van der Waals surface area contributed by atoms with E-state index in [-0.39, 0.29) is 0 Å². The van der Waals surface area contributed by atoms with Crippen molar-refractivity contribution in [2.75, 3.05) is 0 Å². The summed E-state index contributed by atoms with van der Waals surface area (Å²) in [6.45, 7) is 11.2. The summed E-state index contributed by atoms with van der Waals surface area (Å²) < 4.78 is 0. The van der Waals surface area contributed by atoms with Crippen LogP contribution in [0.25, 0.3) is 0 Å². The van der Waals surface area contributed by atoms with Crippen LogP contribution in [0.5, 0.6) is 0 Å². The summed E-state index contributed by atoms with van der Waals surface area (Å²) in [6.07, 6.45) is 25.3. The molecule has 0 radical (unpaired) electrons. The fourth-order valence-electron chi connectivity index (χ4n) is 6.17. The molecule has 0 spiro atoms. The first kappa shape index (κ1) is 36.9. The Morgan fingerprint density at radius 1 is 0.553 bits per heavy atom. The van der Waals surface area contributed by atoms with E-state index in [4.69, 9.17) is 5.11 Å². The van der Waals surface area contributed by atoms with Crippen LogP contribution in [0.3, 0.4) is 0 Å². The molecule has 226 valence electrons. The zero-order chi connectivity index (χ0) is 28.7. The zero-order valence-electron chi connectivity index (χ0n) is 26.2. The molecule has 0 fully saturated rings. The summed E-state index contributed by atoms with van der Waals surface area (Å²) in [7, 11) is 0. The summed E-state index contributed by atoms with van der Waals surface area (Å²) >= 11 is 0. The van der Waals surface area contributed by atoms with E-state index in [9.17, 15) is 14.7 Å². The Balaban J connectivity index is 4.63. The summed E-state index contributed by atoms with van der Waals surface area (Å²) in [5.74, 6) is 0.564. The molecule has 2 atom stereocenters. The van der Waals surface area contributed by atoms with Crippen LogP contribution in [-0.2, 0) is 9.59 Å². The van der Waals surface area contributed by atoms with Crippen molar-refractivity contribution >= 4 is 11.9 Å². The summed E-state index contributed by atoms with van der Waals surface area (Å²) in [4.78, 5) is 23.3. The number of hydrogen-bond donors (Lipinski definition) is 2. The molecule has 0 amide bonds. The number of carboxylic acid groups (broad SMARTS) is 2. The molecule has 0 bridgehead atoms. The molecule has 4 heteroatoms. The van der Waals surface area contributed by atoms with Crippen LogP contribution < -0.4 is 0 Å². The minimum atomic E-state index is -0.681. The van der Waals surface area contributed by atoms with Gasteiger partial charge in [0, 0.05) is 6.42 Å². The molecule has 0 aliphatic heterocycles. The molecular weight excluding hydrogens is 472 g/mol. The molecular formula is C34H66O4. The largest absolute Gasteiger partial charge is 0.481 e. The van der Waals surface area contributed by atoms with Crippen molar-refractivity contribution in [1.82, 2.24) is 0 Å². The van der Waals surface area contributed by atoms with Gasteiger partial charge in [-0.05, 0) is 49.9 Å². The van der Waals surface area contributed by atoms with Gasteiger partial charge in [-0.1, -0.05) is 144 Å². The van der Waals surface area contributed by atoms with E-state index in [1.807, 2.05) is 0 Å². The van der Waals surface area contributed by atoms with Crippen molar-refractivity contribution in [3.05, 3.63) is 0 Å². The normalized spacial score (nSPS) is 14.2. The van der Waals surface area contributed by atoms with Gasteiger partial charge in [-0.15, -0.1) is 0 Å². The van der Waals surface area contributed by atoms with Crippen LogP contribution >= 0.6 is 0 Å². The molecule has 2 N–H and O–H groups in total. The highest BCUT2D eigenvalue weighted by Gasteiger charge is 2.42. The molecule has 0 saturated heterocycles. The minimum Gasteiger partial charge on any atom is -0.481 e. The van der Waals surface area contributed by atoms with E-state index in [2.05, 4.69) is 34.6 Å². The van der Waals surface area contributed by atoms with E-state index >= 15 is 0 Å². The van der Waals surface area contributed by atoms with Crippen molar-refractivity contribution in [2.24, 2.45) is 23.2 Å². The van der Waals surface area contributed by atoms with Gasteiger partial charge in [-0.3, -0.25) is 9.59 Å². The van der Waals surface area contributed by atoms with Gasteiger partial charge in [0.2, 0.25) is 0 Å². The number of unbranched alkanes of at least 4 members (excludes halogenated alkanes) is 13. The van der Waals surface area contributed by atoms with E-state index in [1.54, 1.807) is 0 Å². The number of hydrogen-bond acceptors (Lipinski definition) is 2. The van der Waals surface area contributed by atoms with Crippen LogP contribution in [0, 0.1) is 23.2 Å². The lowest BCUT2D eigenvalue weighted by Gasteiger charge is -2.37. The van der Waals surface area contributed by atoms with E-state index in [0.717, 1.165) is 76.0 Å². The van der Waals surface area contributed by atoms with Crippen LogP contribution in [0.15, 0.2) is 0 Å². The summed E-state index contributed by atoms with van der Waals surface area (Å²) in [5, 5.41) is 19.2. The number of aliphatic carboxylic acids is 2. The Hall–Kier alpha value is -1.06. The number of carbonyl (C=O) groups is 2. The molecule has 0 aromatic carbocycles. The summed E-state index contributed by atoms with van der Waals surface area (Å²) in [5.41, 5.74) is -0.545. The highest BCUT2D eigenvalue weighted by molar-refractivity contribution is 5.75. The summed E-state index contributed by atoms with van der Waals surface area (Å²) in [6, 6.07) is 0. The average Bonchev–Trinajstić information content (AvgIpc) is 2.85. The average molecular weight is 539 g/mol. The van der Waals surface area contributed by atoms with Crippen LogP contribution in [-0.4, -0.2) is 22.2 Å². The molecule has 0 heterocycles. The van der Waals surface area contributed by atoms with E-state index in [0.29, 0.717) is 12.3 Å². The predicted molar refractivity (Wildman–Crippen MR) is 163 cm³/mol. The van der Waals surface area contributed by atoms with Crippen LogP contribution in [0.4, 0.5) is 0 Å². The first-order chi connectivity index (χ1) is 18.2. The Labute approximate surface area is 237 Å². The van der Waals surface area contributed by atoms with Crippen molar-refractivity contribution in [3.8, 4) is 0 Å². The van der Waals surface area contributed by atoms with Gasteiger partial charge in [-0.2, -0.15) is 0 Å². The maximum absolute atomic E-state index is 12.7. The molecule has 2 unspecified atom stereocenters. The topological polar surface area (TPSA) is 74.6 Å². The molecule has 0 rings (SSSR count). The third kappa shape index (κ3) is 19.1. The van der Waals surface area contributed by atoms with Crippen molar-refractivity contribution in [2.45, 2.75) is 182 Å². The standard InChI is InChI=1S/C34H66O4/c1-6-34(33(37)38,28-22-16-18-24-30(4)5)31(26-20-15-17-23-29(2)3)25-19-13-11-9-7-8-10-12-14-21-27-32(35)36/h29-31H,6-28H2,1-5H3,(H,35,36)(H,37,38). The molecule has 0 aromatic heterocycles. The lowest BCUT2D eigenvalue weighted by Crippen LogP contribution is -2.38. The first-order valence-electron chi connectivity index (χ1n) is 16.6. The van der Waals surface area contributed by atoms with Gasteiger partial charge in [0.15, 0.2) is 0 Å². The van der Waals surface area contributed by atoms with Crippen molar-refractivity contribution in [3.63, 3.8) is 0 Å². The molecule has 38 heavy (non-hydrogen) atoms. The Kier molecular flexibility index (Phi) is 23.1. The Morgan fingerprint density at radius 2 is 0.921 bits per heavy atom. The van der Waals surface area contributed by atoms with Crippen molar-refractivity contribution in [1.29, 1.82) is 0 Å². The minimum absolute atomic E-state index is 0.304. The highest BCUT2D eigenvalue weighted by Crippen LogP contribution is 2.43. The smallest absolute Gasteiger partial charge is 0.309 e. The maximum Gasteiger partial charge on any atom is 0.309 e.